The number of aromatic nitrogens is 4. The molecule has 5 rings (SSSR count). The Morgan fingerprint density at radius 2 is 1.97 bits per heavy atom. The monoisotopic (exact) mass is 485 g/mol. The van der Waals surface area contributed by atoms with Gasteiger partial charge >= 0.3 is 0 Å². The van der Waals surface area contributed by atoms with E-state index in [0.717, 1.165) is 32.2 Å². The van der Waals surface area contributed by atoms with Crippen LogP contribution in [-0.2, 0) is 0 Å². The molecule has 0 saturated heterocycles. The fraction of sp³-hybridized carbons (Fsp3) is 0.500. The van der Waals surface area contributed by atoms with Crippen LogP contribution in [-0.4, -0.2) is 38.7 Å². The number of nitrogens with two attached hydrogens (primary N) is 1. The van der Waals surface area contributed by atoms with E-state index < -0.39 is 18.0 Å². The van der Waals surface area contributed by atoms with E-state index in [2.05, 4.69) is 25.7 Å². The lowest BCUT2D eigenvalue weighted by Gasteiger charge is -2.27. The molecule has 1 amide bonds. The van der Waals surface area contributed by atoms with Gasteiger partial charge in [-0.25, -0.2) is 18.7 Å². The first kappa shape index (κ1) is 23.4. The van der Waals surface area contributed by atoms with Crippen molar-refractivity contribution in [3.05, 3.63) is 42.2 Å². The summed E-state index contributed by atoms with van der Waals surface area (Å²) in [6.45, 7) is 1.50. The minimum absolute atomic E-state index is 0.00835. The van der Waals surface area contributed by atoms with Crippen LogP contribution in [0.4, 0.5) is 20.3 Å². The third-order valence-corrected chi connectivity index (χ3v) is 6.75. The molecule has 0 spiro atoms. The van der Waals surface area contributed by atoms with E-state index in [1.807, 2.05) is 0 Å². The Morgan fingerprint density at radius 1 is 1.20 bits per heavy atom. The molecule has 2 aliphatic rings. The quantitative estimate of drug-likeness (QED) is 0.403. The molecule has 0 bridgehead atoms. The van der Waals surface area contributed by atoms with Crippen LogP contribution in [0, 0.1) is 11.8 Å². The maximum absolute atomic E-state index is 13.7. The molecule has 3 aromatic heterocycles. The Labute approximate surface area is 201 Å². The molecule has 35 heavy (non-hydrogen) atoms. The number of carbonyl (C=O) groups is 1. The summed E-state index contributed by atoms with van der Waals surface area (Å²) in [6.07, 6.45) is 7.46. The molecule has 0 aromatic carbocycles. The average molecular weight is 486 g/mol. The summed E-state index contributed by atoms with van der Waals surface area (Å²) >= 11 is 0. The van der Waals surface area contributed by atoms with Crippen LogP contribution >= 0.6 is 0 Å². The third kappa shape index (κ3) is 5.50. The van der Waals surface area contributed by atoms with Crippen molar-refractivity contribution in [1.82, 2.24) is 19.7 Å². The van der Waals surface area contributed by atoms with Gasteiger partial charge in [0.15, 0.2) is 11.4 Å². The number of carbonyl (C=O) groups excluding carboxylic acids is 1. The van der Waals surface area contributed by atoms with Gasteiger partial charge in [-0.05, 0) is 69.0 Å². The van der Waals surface area contributed by atoms with Crippen molar-refractivity contribution in [2.24, 2.45) is 17.6 Å². The van der Waals surface area contributed by atoms with E-state index >= 15 is 0 Å². The molecule has 0 atom stereocenters. The van der Waals surface area contributed by atoms with Crippen LogP contribution in [0.5, 0.6) is 0 Å². The Hall–Kier alpha value is -3.34. The molecule has 11 heteroatoms. The summed E-state index contributed by atoms with van der Waals surface area (Å²) in [7, 11) is 0. The topological polar surface area (TPSA) is 124 Å². The summed E-state index contributed by atoms with van der Waals surface area (Å²) in [4.78, 5) is 21.3. The van der Waals surface area contributed by atoms with Gasteiger partial charge in [0.05, 0.1) is 11.7 Å². The Balaban J connectivity index is 1.28. The number of oxazole rings is 1. The van der Waals surface area contributed by atoms with Gasteiger partial charge in [-0.2, -0.15) is 5.10 Å². The summed E-state index contributed by atoms with van der Waals surface area (Å²) in [6, 6.07) is 3.54. The van der Waals surface area contributed by atoms with E-state index in [-0.39, 0.29) is 23.3 Å². The maximum atomic E-state index is 13.7. The molecular weight excluding hydrogens is 456 g/mol. The number of rotatable bonds is 9. The molecule has 4 N–H and O–H groups in total. The molecule has 186 valence electrons. The first-order valence-electron chi connectivity index (χ1n) is 12.0. The summed E-state index contributed by atoms with van der Waals surface area (Å²) < 4.78 is 34.4. The number of pyridine rings is 1. The lowest BCUT2D eigenvalue weighted by molar-refractivity contribution is 0.102. The maximum Gasteiger partial charge on any atom is 0.284 e. The molecule has 0 unspecified atom stereocenters. The fourth-order valence-electron chi connectivity index (χ4n) is 4.42. The van der Waals surface area contributed by atoms with Crippen molar-refractivity contribution in [2.45, 2.75) is 51.0 Å². The molecule has 0 aliphatic heterocycles. The van der Waals surface area contributed by atoms with Crippen molar-refractivity contribution in [3.63, 3.8) is 0 Å². The van der Waals surface area contributed by atoms with E-state index in [9.17, 15) is 13.6 Å². The van der Waals surface area contributed by atoms with Crippen LogP contribution in [0.3, 0.4) is 0 Å². The Bertz CT molecular complexity index is 1170. The smallest absolute Gasteiger partial charge is 0.284 e. The highest BCUT2D eigenvalue weighted by molar-refractivity contribution is 6.03. The second-order valence-corrected chi connectivity index (χ2v) is 9.37. The Morgan fingerprint density at radius 3 is 2.69 bits per heavy atom. The second-order valence-electron chi connectivity index (χ2n) is 9.37. The molecule has 0 radical (unpaired) electrons. The van der Waals surface area contributed by atoms with Crippen molar-refractivity contribution < 1.29 is 18.0 Å². The number of anilines is 2. The zero-order valence-corrected chi connectivity index (χ0v) is 19.3. The molecule has 2 aliphatic carbocycles. The number of hydrogen-bond donors (Lipinski definition) is 3. The third-order valence-electron chi connectivity index (χ3n) is 6.75. The van der Waals surface area contributed by atoms with Gasteiger partial charge in [-0.3, -0.25) is 9.48 Å². The summed E-state index contributed by atoms with van der Waals surface area (Å²) in [5, 5.41) is 9.91. The van der Waals surface area contributed by atoms with Gasteiger partial charge in [0.1, 0.15) is 12.1 Å². The lowest BCUT2D eigenvalue weighted by atomic mass is 9.86. The minimum atomic E-state index is -2.82. The van der Waals surface area contributed by atoms with Gasteiger partial charge in [0.25, 0.3) is 12.3 Å². The van der Waals surface area contributed by atoms with E-state index in [1.54, 1.807) is 23.0 Å². The SMILES string of the molecule is NC[C@H]1CC[C@H](n2cc(NC(=O)c3coc(-c4ccnc(NCC5CC5)c4)n3)c(C(F)F)n2)CC1. The highest BCUT2D eigenvalue weighted by atomic mass is 19.3. The van der Waals surface area contributed by atoms with Gasteiger partial charge in [-0.1, -0.05) is 0 Å². The second kappa shape index (κ2) is 10.1. The van der Waals surface area contributed by atoms with E-state index in [4.69, 9.17) is 10.2 Å². The number of halogens is 2. The highest BCUT2D eigenvalue weighted by Crippen LogP contribution is 2.34. The lowest BCUT2D eigenvalue weighted by Crippen LogP contribution is -2.23. The van der Waals surface area contributed by atoms with Crippen molar-refractivity contribution >= 4 is 17.4 Å². The van der Waals surface area contributed by atoms with Crippen LogP contribution < -0.4 is 16.4 Å². The van der Waals surface area contributed by atoms with Crippen molar-refractivity contribution in [1.29, 1.82) is 0 Å². The van der Waals surface area contributed by atoms with Crippen molar-refractivity contribution in [2.75, 3.05) is 23.7 Å². The van der Waals surface area contributed by atoms with Crippen LogP contribution in [0.25, 0.3) is 11.5 Å². The first-order chi connectivity index (χ1) is 17.0. The van der Waals surface area contributed by atoms with Gasteiger partial charge in [0, 0.05) is 24.5 Å². The standard InChI is InChI=1S/C24H29F2N7O2/c25-22(26)21-18(12-33(32-21)17-5-3-14(10-27)4-6-17)30-23(34)19-13-35-24(31-19)16-7-8-28-20(9-16)29-11-15-1-2-15/h7-9,12-15,17,22H,1-6,10-11,27H2,(H,28,29)(H,30,34)/t14-,17-. The molecular formula is C24H29F2N7O2. The molecule has 2 saturated carbocycles. The van der Waals surface area contributed by atoms with E-state index in [1.165, 1.54) is 25.3 Å². The predicted octanol–water partition coefficient (Wildman–Crippen LogP) is 4.63. The molecule has 3 heterocycles. The predicted molar refractivity (Wildman–Crippen MR) is 126 cm³/mol. The average Bonchev–Trinajstić information content (AvgIpc) is 3.39. The van der Waals surface area contributed by atoms with Crippen LogP contribution in [0.1, 0.15) is 67.2 Å². The zero-order valence-electron chi connectivity index (χ0n) is 19.3. The Kier molecular flexibility index (Phi) is 6.76. The van der Waals surface area contributed by atoms with Gasteiger partial charge in [-0.15, -0.1) is 0 Å². The first-order valence-corrected chi connectivity index (χ1v) is 12.0. The van der Waals surface area contributed by atoms with E-state index in [0.29, 0.717) is 29.8 Å². The van der Waals surface area contributed by atoms with Gasteiger partial charge in [0.2, 0.25) is 5.89 Å². The number of amides is 1. The van der Waals surface area contributed by atoms with Crippen LogP contribution in [0.2, 0.25) is 0 Å². The largest absolute Gasteiger partial charge is 0.444 e. The molecule has 9 nitrogen and oxygen atoms in total. The number of nitrogens with one attached hydrogen (secondary N) is 2. The summed E-state index contributed by atoms with van der Waals surface area (Å²) in [5.74, 6) is 1.46. The molecule has 2 fully saturated rings. The summed E-state index contributed by atoms with van der Waals surface area (Å²) in [5.41, 5.74) is 5.92. The number of nitrogens with zero attached hydrogens (tertiary/aromatic N) is 4. The minimum Gasteiger partial charge on any atom is -0.444 e. The number of hydrogen-bond acceptors (Lipinski definition) is 7. The van der Waals surface area contributed by atoms with Crippen LogP contribution in [0.15, 0.2) is 35.2 Å². The zero-order chi connectivity index (χ0) is 24.4. The highest BCUT2D eigenvalue weighted by Gasteiger charge is 2.27. The normalized spacial score (nSPS) is 20.2. The molecule has 3 aromatic rings. The van der Waals surface area contributed by atoms with Gasteiger partial charge < -0.3 is 20.8 Å². The number of alkyl halides is 2. The fourth-order valence-corrected chi connectivity index (χ4v) is 4.42. The van der Waals surface area contributed by atoms with Crippen molar-refractivity contribution in [3.8, 4) is 11.5 Å².